The number of nitrogens with zero attached hydrogens (tertiary/aromatic N) is 1. The summed E-state index contributed by atoms with van der Waals surface area (Å²) >= 11 is 0. The third kappa shape index (κ3) is 2.59. The molecule has 0 N–H and O–H groups in total. The molecule has 0 aliphatic heterocycles. The molecule has 0 aromatic heterocycles. The van der Waals surface area contributed by atoms with Crippen LogP contribution in [0.25, 0.3) is 0 Å². The molecule has 2 aromatic carbocycles. The van der Waals surface area contributed by atoms with Gasteiger partial charge in [0, 0.05) is 22.8 Å². The van der Waals surface area contributed by atoms with Crippen LogP contribution in [0, 0.1) is 30.9 Å². The van der Waals surface area contributed by atoms with E-state index in [1.807, 2.05) is 26.0 Å². The summed E-state index contributed by atoms with van der Waals surface area (Å²) in [7, 11) is 0. The van der Waals surface area contributed by atoms with Gasteiger partial charge in [-0.15, -0.1) is 0 Å². The van der Waals surface area contributed by atoms with Crippen molar-refractivity contribution in [1.29, 1.82) is 0 Å². The Balaban J connectivity index is 2.45. The van der Waals surface area contributed by atoms with E-state index in [2.05, 4.69) is 0 Å². The molecule has 0 radical (unpaired) electrons. The van der Waals surface area contributed by atoms with Crippen LogP contribution in [-0.4, -0.2) is 10.7 Å². The molecule has 0 atom stereocenters. The Bertz CT molecular complexity index is 705. The minimum Gasteiger partial charge on any atom is -0.289 e. The fourth-order valence-corrected chi connectivity index (χ4v) is 2.00. The quantitative estimate of drug-likeness (QED) is 0.484. The zero-order valence-electron chi connectivity index (χ0n) is 11.6. The predicted molar refractivity (Wildman–Crippen MR) is 77.2 cm³/mol. The van der Waals surface area contributed by atoms with Crippen molar-refractivity contribution < 1.29 is 9.72 Å². The lowest BCUT2D eigenvalue weighted by Gasteiger charge is -2.05. The average molecular weight is 269 g/mol. The molecule has 0 saturated carbocycles. The van der Waals surface area contributed by atoms with Crippen molar-refractivity contribution >= 4 is 11.5 Å². The maximum absolute atomic E-state index is 12.4. The Labute approximate surface area is 117 Å². The lowest BCUT2D eigenvalue weighted by Crippen LogP contribution is -2.03. The molecule has 0 amide bonds. The third-order valence-electron chi connectivity index (χ3n) is 3.44. The van der Waals surface area contributed by atoms with E-state index in [0.717, 1.165) is 11.1 Å². The van der Waals surface area contributed by atoms with Gasteiger partial charge in [-0.2, -0.15) is 0 Å². The second kappa shape index (κ2) is 5.25. The molecule has 2 rings (SSSR count). The van der Waals surface area contributed by atoms with Crippen molar-refractivity contribution in [3.63, 3.8) is 0 Å². The Hall–Kier alpha value is -2.49. The van der Waals surface area contributed by atoms with E-state index in [4.69, 9.17) is 0 Å². The molecule has 0 saturated heterocycles. The Morgan fingerprint density at radius 3 is 2.00 bits per heavy atom. The van der Waals surface area contributed by atoms with Gasteiger partial charge in [0.05, 0.1) is 4.92 Å². The highest BCUT2D eigenvalue weighted by Gasteiger charge is 2.16. The van der Waals surface area contributed by atoms with Gasteiger partial charge in [0.1, 0.15) is 0 Å². The van der Waals surface area contributed by atoms with Gasteiger partial charge >= 0.3 is 0 Å². The molecule has 0 fully saturated rings. The number of rotatable bonds is 3. The molecular formula is C16H15NO3. The Morgan fingerprint density at radius 1 is 0.900 bits per heavy atom. The van der Waals surface area contributed by atoms with Crippen LogP contribution in [0.3, 0.4) is 0 Å². The van der Waals surface area contributed by atoms with E-state index in [0.29, 0.717) is 16.7 Å². The van der Waals surface area contributed by atoms with E-state index >= 15 is 0 Å². The number of nitro benzene ring substituents is 1. The number of ketones is 1. The molecule has 4 heteroatoms. The number of carbonyl (C=O) groups is 1. The summed E-state index contributed by atoms with van der Waals surface area (Å²) in [5, 5.41) is 10.9. The van der Waals surface area contributed by atoms with Crippen LogP contribution in [-0.2, 0) is 0 Å². The van der Waals surface area contributed by atoms with Crippen LogP contribution in [0.2, 0.25) is 0 Å². The first-order chi connectivity index (χ1) is 9.40. The fraction of sp³-hybridized carbons (Fsp3) is 0.188. The van der Waals surface area contributed by atoms with Crippen LogP contribution in [0.1, 0.15) is 32.6 Å². The van der Waals surface area contributed by atoms with Crippen molar-refractivity contribution in [3.05, 3.63) is 74.3 Å². The third-order valence-corrected chi connectivity index (χ3v) is 3.44. The van der Waals surface area contributed by atoms with Crippen molar-refractivity contribution in [2.75, 3.05) is 0 Å². The summed E-state index contributed by atoms with van der Waals surface area (Å²) in [5.74, 6) is -0.198. The van der Waals surface area contributed by atoms with E-state index in [9.17, 15) is 14.9 Å². The van der Waals surface area contributed by atoms with Gasteiger partial charge in [-0.25, -0.2) is 0 Å². The summed E-state index contributed by atoms with van der Waals surface area (Å²) in [4.78, 5) is 22.8. The van der Waals surface area contributed by atoms with Gasteiger partial charge in [0.2, 0.25) is 0 Å². The molecule has 0 spiro atoms. The molecule has 102 valence electrons. The topological polar surface area (TPSA) is 60.2 Å². The Kier molecular flexibility index (Phi) is 3.66. The molecule has 0 bridgehead atoms. The maximum Gasteiger partial charge on any atom is 0.273 e. The van der Waals surface area contributed by atoms with E-state index in [1.54, 1.807) is 25.1 Å². The maximum atomic E-state index is 12.4. The second-order valence-electron chi connectivity index (χ2n) is 4.89. The number of carbonyl (C=O) groups excluding carboxylic acids is 1. The average Bonchev–Trinajstić information content (AvgIpc) is 2.41. The van der Waals surface area contributed by atoms with Gasteiger partial charge in [-0.05, 0) is 38.0 Å². The van der Waals surface area contributed by atoms with Crippen LogP contribution >= 0.6 is 0 Å². The molecule has 2 aromatic rings. The normalized spacial score (nSPS) is 10.3. The van der Waals surface area contributed by atoms with Gasteiger partial charge in [0.15, 0.2) is 5.78 Å². The molecule has 0 aliphatic rings. The lowest BCUT2D eigenvalue weighted by atomic mass is 9.98. The smallest absolute Gasteiger partial charge is 0.273 e. The molecule has 0 unspecified atom stereocenters. The lowest BCUT2D eigenvalue weighted by molar-refractivity contribution is -0.385. The number of hydrogen-bond acceptors (Lipinski definition) is 3. The van der Waals surface area contributed by atoms with Crippen LogP contribution < -0.4 is 0 Å². The molecule has 20 heavy (non-hydrogen) atoms. The van der Waals surface area contributed by atoms with E-state index in [-0.39, 0.29) is 11.5 Å². The van der Waals surface area contributed by atoms with Crippen molar-refractivity contribution in [3.8, 4) is 0 Å². The number of nitro groups is 1. The van der Waals surface area contributed by atoms with Crippen molar-refractivity contribution in [2.24, 2.45) is 0 Å². The largest absolute Gasteiger partial charge is 0.289 e. The number of hydrogen-bond donors (Lipinski definition) is 0. The first kappa shape index (κ1) is 13.9. The van der Waals surface area contributed by atoms with Crippen LogP contribution in [0.5, 0.6) is 0 Å². The summed E-state index contributed by atoms with van der Waals surface area (Å²) in [6.07, 6.45) is 0. The summed E-state index contributed by atoms with van der Waals surface area (Å²) in [6.45, 7) is 5.56. The summed E-state index contributed by atoms with van der Waals surface area (Å²) < 4.78 is 0. The zero-order valence-corrected chi connectivity index (χ0v) is 11.6. The summed E-state index contributed by atoms with van der Waals surface area (Å²) in [5.41, 5.74) is 3.54. The Morgan fingerprint density at radius 2 is 1.45 bits per heavy atom. The first-order valence-electron chi connectivity index (χ1n) is 6.27. The molecule has 4 nitrogen and oxygen atoms in total. The summed E-state index contributed by atoms with van der Waals surface area (Å²) in [6, 6.07) is 10.0. The van der Waals surface area contributed by atoms with Gasteiger partial charge in [-0.3, -0.25) is 14.9 Å². The highest BCUT2D eigenvalue weighted by atomic mass is 16.6. The van der Waals surface area contributed by atoms with Gasteiger partial charge in [-0.1, -0.05) is 24.3 Å². The van der Waals surface area contributed by atoms with Crippen LogP contribution in [0.15, 0.2) is 36.4 Å². The molecule has 0 aliphatic carbocycles. The molecular weight excluding hydrogens is 254 g/mol. The minimum absolute atomic E-state index is 0.0281. The first-order valence-corrected chi connectivity index (χ1v) is 6.27. The molecule has 0 heterocycles. The highest BCUT2D eigenvalue weighted by molar-refractivity contribution is 6.09. The van der Waals surface area contributed by atoms with Gasteiger partial charge < -0.3 is 0 Å². The van der Waals surface area contributed by atoms with Crippen molar-refractivity contribution in [1.82, 2.24) is 0 Å². The fourth-order valence-electron chi connectivity index (χ4n) is 2.00. The zero-order chi connectivity index (χ0) is 14.9. The van der Waals surface area contributed by atoms with E-state index < -0.39 is 4.92 Å². The second-order valence-corrected chi connectivity index (χ2v) is 4.89. The SMILES string of the molecule is Cc1ccc(C(=O)c2ccc(C)c([N+](=O)[O-])c2)cc1C. The van der Waals surface area contributed by atoms with Gasteiger partial charge in [0.25, 0.3) is 5.69 Å². The van der Waals surface area contributed by atoms with Crippen LogP contribution in [0.4, 0.5) is 5.69 Å². The number of aryl methyl sites for hydroxylation is 3. The predicted octanol–water partition coefficient (Wildman–Crippen LogP) is 3.75. The standard InChI is InChI=1S/C16H15NO3/c1-10-4-6-13(8-12(10)3)16(18)14-7-5-11(2)15(9-14)17(19)20/h4-9H,1-3H3. The van der Waals surface area contributed by atoms with Crippen molar-refractivity contribution in [2.45, 2.75) is 20.8 Å². The number of benzene rings is 2. The monoisotopic (exact) mass is 269 g/mol. The highest BCUT2D eigenvalue weighted by Crippen LogP contribution is 2.22. The minimum atomic E-state index is -0.466. The van der Waals surface area contributed by atoms with E-state index in [1.165, 1.54) is 6.07 Å².